The van der Waals surface area contributed by atoms with Gasteiger partial charge in [0.2, 0.25) is 5.91 Å². The second-order valence-corrected chi connectivity index (χ2v) is 4.21. The predicted octanol–water partition coefficient (Wildman–Crippen LogP) is 2.32. The van der Waals surface area contributed by atoms with Crippen molar-refractivity contribution in [3.63, 3.8) is 0 Å². The maximum Gasteiger partial charge on any atom is 0.238 e. The van der Waals surface area contributed by atoms with Gasteiger partial charge in [-0.15, -0.1) is 0 Å². The Bertz CT molecular complexity index is 485. The molecule has 1 aromatic rings. The Labute approximate surface area is 111 Å². The number of halogens is 1. The molecular formula is C13H18FN3O2. The Morgan fingerprint density at radius 2 is 2.00 bits per heavy atom. The molecule has 1 amide bonds. The van der Waals surface area contributed by atoms with Gasteiger partial charge >= 0.3 is 0 Å². The summed E-state index contributed by atoms with van der Waals surface area (Å²) in [5, 5.41) is 14.2. The molecule has 0 aliphatic carbocycles. The average Bonchev–Trinajstić information content (AvgIpc) is 2.43. The van der Waals surface area contributed by atoms with Crippen molar-refractivity contribution in [1.82, 2.24) is 0 Å². The van der Waals surface area contributed by atoms with E-state index < -0.39 is 17.1 Å². The number of amides is 1. The molecule has 0 fully saturated rings. The highest BCUT2D eigenvalue weighted by atomic mass is 19.1. The molecule has 0 unspecified atom stereocenters. The lowest BCUT2D eigenvalue weighted by Crippen LogP contribution is -2.46. The Morgan fingerprint density at radius 3 is 2.47 bits per heavy atom. The van der Waals surface area contributed by atoms with Crippen LogP contribution in [0.3, 0.4) is 0 Å². The number of hydrogen-bond donors (Lipinski definition) is 3. The van der Waals surface area contributed by atoms with Crippen molar-refractivity contribution >= 4 is 17.4 Å². The molecule has 19 heavy (non-hydrogen) atoms. The molecule has 6 heteroatoms. The SMILES string of the molecule is CCC(CC)(C(=O)Nc1ccccc1F)C(N)=NO. The van der Waals surface area contributed by atoms with Gasteiger partial charge in [-0.1, -0.05) is 31.1 Å². The van der Waals surface area contributed by atoms with E-state index in [0.29, 0.717) is 12.8 Å². The number of nitrogens with zero attached hydrogens (tertiary/aromatic N) is 1. The molecule has 0 aliphatic heterocycles. The summed E-state index contributed by atoms with van der Waals surface area (Å²) in [5.41, 5.74) is 4.54. The van der Waals surface area contributed by atoms with Gasteiger partial charge in [0.1, 0.15) is 11.2 Å². The summed E-state index contributed by atoms with van der Waals surface area (Å²) >= 11 is 0. The van der Waals surface area contributed by atoms with E-state index in [1.54, 1.807) is 19.9 Å². The Hall–Kier alpha value is -2.11. The van der Waals surface area contributed by atoms with Crippen LogP contribution < -0.4 is 11.1 Å². The van der Waals surface area contributed by atoms with Gasteiger partial charge in [-0.05, 0) is 25.0 Å². The van der Waals surface area contributed by atoms with E-state index in [-0.39, 0.29) is 11.5 Å². The first-order valence-electron chi connectivity index (χ1n) is 6.05. The predicted molar refractivity (Wildman–Crippen MR) is 71.5 cm³/mol. The summed E-state index contributed by atoms with van der Waals surface area (Å²) in [4.78, 5) is 12.3. The number of nitrogens with one attached hydrogen (secondary N) is 1. The van der Waals surface area contributed by atoms with Crippen molar-refractivity contribution in [2.75, 3.05) is 5.32 Å². The van der Waals surface area contributed by atoms with E-state index >= 15 is 0 Å². The van der Waals surface area contributed by atoms with Crippen molar-refractivity contribution < 1.29 is 14.4 Å². The molecule has 1 rings (SSSR count). The van der Waals surface area contributed by atoms with Crippen LogP contribution in [0, 0.1) is 11.2 Å². The number of nitrogens with two attached hydrogens (primary N) is 1. The maximum absolute atomic E-state index is 13.5. The molecule has 0 radical (unpaired) electrons. The minimum Gasteiger partial charge on any atom is -0.409 e. The molecule has 0 aliphatic rings. The van der Waals surface area contributed by atoms with Crippen molar-refractivity contribution in [2.24, 2.45) is 16.3 Å². The van der Waals surface area contributed by atoms with Gasteiger partial charge in [-0.2, -0.15) is 0 Å². The number of para-hydroxylation sites is 1. The first kappa shape index (κ1) is 14.9. The normalized spacial score (nSPS) is 12.3. The minimum absolute atomic E-state index is 0.0736. The number of amidine groups is 1. The summed E-state index contributed by atoms with van der Waals surface area (Å²) in [5.74, 6) is -1.19. The highest BCUT2D eigenvalue weighted by molar-refractivity contribution is 6.11. The Balaban J connectivity index is 3.06. The first-order valence-corrected chi connectivity index (χ1v) is 6.05. The highest BCUT2D eigenvalue weighted by Gasteiger charge is 2.40. The summed E-state index contributed by atoms with van der Waals surface area (Å²) in [6.45, 7) is 3.50. The lowest BCUT2D eigenvalue weighted by Gasteiger charge is -2.28. The van der Waals surface area contributed by atoms with E-state index in [1.165, 1.54) is 18.2 Å². The van der Waals surface area contributed by atoms with Crippen molar-refractivity contribution in [2.45, 2.75) is 26.7 Å². The summed E-state index contributed by atoms with van der Waals surface area (Å²) < 4.78 is 13.5. The van der Waals surface area contributed by atoms with Gasteiger partial charge < -0.3 is 16.3 Å². The molecule has 0 bridgehead atoms. The zero-order valence-electron chi connectivity index (χ0n) is 11.0. The lowest BCUT2D eigenvalue weighted by atomic mass is 9.80. The van der Waals surface area contributed by atoms with Crippen LogP contribution in [0.25, 0.3) is 0 Å². The van der Waals surface area contributed by atoms with E-state index in [1.807, 2.05) is 0 Å². The molecule has 4 N–H and O–H groups in total. The molecule has 0 aromatic heterocycles. The standard InChI is InChI=1S/C13H18FN3O2/c1-3-13(4-2,11(15)17-19)12(18)16-10-8-6-5-7-9(10)14/h5-8,19H,3-4H2,1-2H3,(H2,15,17)(H,16,18). The summed E-state index contributed by atoms with van der Waals surface area (Å²) in [6.07, 6.45) is 0.694. The van der Waals surface area contributed by atoms with Crippen LogP contribution in [-0.4, -0.2) is 17.0 Å². The quantitative estimate of drug-likeness (QED) is 0.331. The third kappa shape index (κ3) is 2.83. The van der Waals surface area contributed by atoms with Gasteiger partial charge in [0, 0.05) is 0 Å². The molecule has 0 spiro atoms. The topological polar surface area (TPSA) is 87.7 Å². The first-order chi connectivity index (χ1) is 9.01. The van der Waals surface area contributed by atoms with Crippen LogP contribution in [0.4, 0.5) is 10.1 Å². The summed E-state index contributed by atoms with van der Waals surface area (Å²) in [7, 11) is 0. The number of rotatable bonds is 5. The van der Waals surface area contributed by atoms with Crippen LogP contribution in [0.1, 0.15) is 26.7 Å². The van der Waals surface area contributed by atoms with Gasteiger partial charge in [0.25, 0.3) is 0 Å². The number of carbonyl (C=O) groups excluding carboxylic acids is 1. The fourth-order valence-electron chi connectivity index (χ4n) is 1.95. The van der Waals surface area contributed by atoms with Crippen molar-refractivity contribution in [3.8, 4) is 0 Å². The molecule has 1 aromatic carbocycles. The van der Waals surface area contributed by atoms with Crippen LogP contribution in [0.15, 0.2) is 29.4 Å². The van der Waals surface area contributed by atoms with Gasteiger partial charge in [-0.25, -0.2) is 4.39 Å². The average molecular weight is 267 g/mol. The van der Waals surface area contributed by atoms with Crippen molar-refractivity contribution in [3.05, 3.63) is 30.1 Å². The molecule has 0 saturated carbocycles. The van der Waals surface area contributed by atoms with Gasteiger partial charge in [-0.3, -0.25) is 4.79 Å². The van der Waals surface area contributed by atoms with Gasteiger partial charge in [0.05, 0.1) is 5.69 Å². The van der Waals surface area contributed by atoms with Crippen LogP contribution >= 0.6 is 0 Å². The lowest BCUT2D eigenvalue weighted by molar-refractivity contribution is -0.122. The second-order valence-electron chi connectivity index (χ2n) is 4.21. The zero-order chi connectivity index (χ0) is 14.5. The number of benzene rings is 1. The van der Waals surface area contributed by atoms with E-state index in [4.69, 9.17) is 10.9 Å². The van der Waals surface area contributed by atoms with Crippen LogP contribution in [-0.2, 0) is 4.79 Å². The van der Waals surface area contributed by atoms with E-state index in [2.05, 4.69) is 10.5 Å². The van der Waals surface area contributed by atoms with Gasteiger partial charge in [0.15, 0.2) is 5.84 Å². The fraction of sp³-hybridized carbons (Fsp3) is 0.385. The third-order valence-corrected chi connectivity index (χ3v) is 3.36. The molecule has 0 saturated heterocycles. The number of hydrogen-bond acceptors (Lipinski definition) is 3. The maximum atomic E-state index is 13.5. The minimum atomic E-state index is -1.14. The Morgan fingerprint density at radius 1 is 1.42 bits per heavy atom. The largest absolute Gasteiger partial charge is 0.409 e. The number of carbonyl (C=O) groups is 1. The number of anilines is 1. The van der Waals surface area contributed by atoms with E-state index in [9.17, 15) is 9.18 Å². The molecule has 104 valence electrons. The van der Waals surface area contributed by atoms with Crippen LogP contribution in [0.5, 0.6) is 0 Å². The second kappa shape index (κ2) is 6.17. The number of oxime groups is 1. The monoisotopic (exact) mass is 267 g/mol. The summed E-state index contributed by atoms with van der Waals surface area (Å²) in [6, 6.07) is 5.84. The fourth-order valence-corrected chi connectivity index (χ4v) is 1.95. The Kier molecular flexibility index (Phi) is 4.86. The zero-order valence-corrected chi connectivity index (χ0v) is 11.0. The molecular weight excluding hydrogens is 249 g/mol. The highest BCUT2D eigenvalue weighted by Crippen LogP contribution is 2.29. The third-order valence-electron chi connectivity index (χ3n) is 3.36. The molecule has 5 nitrogen and oxygen atoms in total. The molecule has 0 atom stereocenters. The van der Waals surface area contributed by atoms with E-state index in [0.717, 1.165) is 0 Å². The van der Waals surface area contributed by atoms with Crippen molar-refractivity contribution in [1.29, 1.82) is 0 Å². The van der Waals surface area contributed by atoms with Crippen LogP contribution in [0.2, 0.25) is 0 Å². The smallest absolute Gasteiger partial charge is 0.238 e. The molecule has 0 heterocycles.